The molecule has 0 saturated carbocycles. The number of hydrogen-bond acceptors (Lipinski definition) is 8. The molecule has 15 heteroatoms. The van der Waals surface area contributed by atoms with Crippen molar-refractivity contribution in [2.45, 2.75) is 19.9 Å². The van der Waals surface area contributed by atoms with Crippen molar-refractivity contribution in [2.75, 3.05) is 42.1 Å². The quantitative estimate of drug-likeness (QED) is 0.249. The van der Waals surface area contributed by atoms with Gasteiger partial charge in [0, 0.05) is 43.7 Å². The monoisotopic (exact) mass is 639 g/mol. The second-order valence-electron chi connectivity index (χ2n) is 10.1. The van der Waals surface area contributed by atoms with Gasteiger partial charge >= 0.3 is 12.4 Å². The second-order valence-corrected chi connectivity index (χ2v) is 11.0. The minimum Gasteiger partial charge on any atom is -0.406 e. The van der Waals surface area contributed by atoms with Crippen LogP contribution in [0.1, 0.15) is 11.1 Å². The van der Waals surface area contributed by atoms with Crippen LogP contribution in [0.15, 0.2) is 72.0 Å². The topological polar surface area (TPSA) is 114 Å². The van der Waals surface area contributed by atoms with E-state index in [2.05, 4.69) is 25.1 Å². The maximum Gasteiger partial charge on any atom is 0.573 e. The number of rotatable bonds is 8. The lowest BCUT2D eigenvalue weighted by Crippen LogP contribution is -2.31. The lowest BCUT2D eigenvalue weighted by Gasteiger charge is -2.22. The fourth-order valence-corrected chi connectivity index (χ4v) is 5.34. The average molecular weight is 640 g/mol. The van der Waals surface area contributed by atoms with Crippen molar-refractivity contribution in [2.24, 2.45) is 4.99 Å². The number of methoxy groups -OCH3 is 1. The first-order chi connectivity index (χ1) is 21.4. The van der Waals surface area contributed by atoms with Crippen LogP contribution >= 0.6 is 11.8 Å². The summed E-state index contributed by atoms with van der Waals surface area (Å²) < 4.78 is 48.1. The number of amidine groups is 1. The van der Waals surface area contributed by atoms with E-state index in [9.17, 15) is 22.8 Å². The van der Waals surface area contributed by atoms with Crippen molar-refractivity contribution in [3.63, 3.8) is 0 Å². The first-order valence-electron chi connectivity index (χ1n) is 13.5. The molecule has 1 aliphatic rings. The lowest BCUT2D eigenvalue weighted by atomic mass is 10.1. The lowest BCUT2D eigenvalue weighted by molar-refractivity contribution is -0.274. The van der Waals surface area contributed by atoms with E-state index in [-0.39, 0.29) is 29.2 Å². The minimum atomic E-state index is -4.78. The highest BCUT2D eigenvalue weighted by molar-refractivity contribution is 8.15. The van der Waals surface area contributed by atoms with Crippen molar-refractivity contribution >= 4 is 45.9 Å². The number of ether oxygens (including phenoxy) is 2. The summed E-state index contributed by atoms with van der Waals surface area (Å²) in [5, 5.41) is 7.45. The number of aliphatic imine (C=N–C) groups is 1. The Balaban J connectivity index is 1.31. The Kier molecular flexibility index (Phi) is 9.11. The van der Waals surface area contributed by atoms with Gasteiger partial charge in [-0.2, -0.15) is 4.99 Å². The first kappa shape index (κ1) is 31.5. The molecule has 0 atom stereocenters. The molecule has 1 fully saturated rings. The molecule has 234 valence electrons. The molecule has 0 radical (unpaired) electrons. The van der Waals surface area contributed by atoms with E-state index in [4.69, 9.17) is 4.74 Å². The van der Waals surface area contributed by atoms with Crippen LogP contribution in [0.4, 0.5) is 35.0 Å². The van der Waals surface area contributed by atoms with Gasteiger partial charge in [0.05, 0.1) is 23.7 Å². The molecule has 45 heavy (non-hydrogen) atoms. The molecular formula is C30H28F3N7O4S. The Morgan fingerprint density at radius 1 is 1.11 bits per heavy atom. The van der Waals surface area contributed by atoms with Gasteiger partial charge < -0.3 is 19.7 Å². The van der Waals surface area contributed by atoms with Crippen molar-refractivity contribution < 1.29 is 32.2 Å². The zero-order valence-corrected chi connectivity index (χ0v) is 25.4. The summed E-state index contributed by atoms with van der Waals surface area (Å²) in [6.07, 6.45) is -3.31. The maximum atomic E-state index is 13.0. The minimum absolute atomic E-state index is 0.143. The fourth-order valence-electron chi connectivity index (χ4n) is 4.48. The van der Waals surface area contributed by atoms with Crippen molar-refractivity contribution in [3.05, 3.63) is 78.1 Å². The van der Waals surface area contributed by atoms with Crippen LogP contribution in [0.3, 0.4) is 0 Å². The summed E-state index contributed by atoms with van der Waals surface area (Å²) in [5.41, 5.74) is 4.61. The number of aryl methyl sites for hydroxylation is 1. The van der Waals surface area contributed by atoms with Gasteiger partial charge in [-0.05, 0) is 67.1 Å². The van der Waals surface area contributed by atoms with E-state index in [1.165, 1.54) is 51.9 Å². The molecule has 3 amide bonds. The molecule has 4 aromatic rings. The van der Waals surface area contributed by atoms with E-state index >= 15 is 0 Å². The van der Waals surface area contributed by atoms with Gasteiger partial charge in [0.2, 0.25) is 5.91 Å². The average Bonchev–Trinajstić information content (AvgIpc) is 3.61. The Morgan fingerprint density at radius 2 is 1.87 bits per heavy atom. The zero-order chi connectivity index (χ0) is 32.3. The van der Waals surface area contributed by atoms with E-state index in [0.29, 0.717) is 34.0 Å². The predicted molar refractivity (Wildman–Crippen MR) is 166 cm³/mol. The van der Waals surface area contributed by atoms with Crippen LogP contribution in [-0.2, 0) is 16.1 Å². The summed E-state index contributed by atoms with van der Waals surface area (Å²) >= 11 is 1.18. The molecule has 0 aliphatic carbocycles. The number of thioether (sulfide) groups is 1. The zero-order valence-electron chi connectivity index (χ0n) is 24.6. The number of amides is 3. The number of aromatic nitrogens is 3. The van der Waals surface area contributed by atoms with E-state index in [0.717, 1.165) is 11.3 Å². The number of nitrogens with zero attached hydrogens (tertiary/aromatic N) is 6. The molecule has 1 aliphatic heterocycles. The number of alkyl halides is 3. The third-order valence-electron chi connectivity index (χ3n) is 6.64. The van der Waals surface area contributed by atoms with Crippen molar-refractivity contribution in [3.8, 4) is 22.8 Å². The van der Waals surface area contributed by atoms with Gasteiger partial charge in [-0.15, -0.1) is 18.3 Å². The van der Waals surface area contributed by atoms with Crippen LogP contribution in [0, 0.1) is 6.92 Å². The molecule has 1 N–H and O–H groups in total. The molecule has 3 aromatic carbocycles. The number of carbonyl (C=O) groups is 2. The molecule has 0 bridgehead atoms. The van der Waals surface area contributed by atoms with Gasteiger partial charge in [0.1, 0.15) is 12.1 Å². The van der Waals surface area contributed by atoms with Gasteiger partial charge in [-0.1, -0.05) is 17.8 Å². The molecule has 1 saturated heterocycles. The summed E-state index contributed by atoms with van der Waals surface area (Å²) in [5.74, 6) is -0.0936. The number of halogens is 3. The van der Waals surface area contributed by atoms with Gasteiger partial charge in [0.25, 0.3) is 0 Å². The van der Waals surface area contributed by atoms with Gasteiger partial charge in [-0.3, -0.25) is 9.69 Å². The number of benzene rings is 3. The van der Waals surface area contributed by atoms with E-state index < -0.39 is 12.4 Å². The summed E-state index contributed by atoms with van der Waals surface area (Å²) in [7, 11) is 5.36. The number of carbonyl (C=O) groups excluding carboxylic acids is 2. The third-order valence-corrected chi connectivity index (χ3v) is 7.57. The van der Waals surface area contributed by atoms with E-state index in [1.807, 2.05) is 37.2 Å². The largest absolute Gasteiger partial charge is 0.573 e. The molecule has 11 nitrogen and oxygen atoms in total. The molecular weight excluding hydrogens is 611 g/mol. The van der Waals surface area contributed by atoms with Crippen LogP contribution < -0.4 is 19.9 Å². The molecule has 1 aromatic heterocycles. The van der Waals surface area contributed by atoms with Crippen molar-refractivity contribution in [1.82, 2.24) is 14.8 Å². The normalized spacial score (nSPS) is 14.2. The third kappa shape index (κ3) is 7.44. The smallest absolute Gasteiger partial charge is 0.406 e. The highest BCUT2D eigenvalue weighted by atomic mass is 32.2. The van der Waals surface area contributed by atoms with Crippen molar-refractivity contribution in [1.29, 1.82) is 0 Å². The Morgan fingerprint density at radius 3 is 2.53 bits per heavy atom. The summed E-state index contributed by atoms with van der Waals surface area (Å²) in [6.45, 7) is 2.08. The van der Waals surface area contributed by atoms with Gasteiger partial charge in [-0.25, -0.2) is 14.5 Å². The highest BCUT2D eigenvalue weighted by Gasteiger charge is 2.33. The maximum absolute atomic E-state index is 13.0. The summed E-state index contributed by atoms with van der Waals surface area (Å²) in [6, 6.07) is 15.5. The number of anilines is 3. The summed E-state index contributed by atoms with van der Waals surface area (Å²) in [4.78, 5) is 37.8. The van der Waals surface area contributed by atoms with Gasteiger partial charge in [0.15, 0.2) is 11.0 Å². The Hall–Kier alpha value is -4.89. The van der Waals surface area contributed by atoms with E-state index in [1.54, 1.807) is 32.2 Å². The number of nitrogens with one attached hydrogen (secondary N) is 1. The molecule has 2 heterocycles. The number of urea groups is 1. The Labute approximate surface area is 260 Å². The standard InChI is InChI=1S/C30H28F3N7O4S/c1-18-13-22(39-17-34-27(37-39)19-6-10-23(11-7-19)44-30(31,32)33)9-12-24(18)35-28(42)36-29-40(26(41)16-45-29)25-14-21(38(2)3)8-5-20(25)15-43-4/h5-14,17H,15-16H2,1-4H3,(H,35,42). The number of hydrogen-bond donors (Lipinski definition) is 1. The first-order valence-corrected chi connectivity index (χ1v) is 14.4. The highest BCUT2D eigenvalue weighted by Crippen LogP contribution is 2.33. The molecule has 0 spiro atoms. The Bertz CT molecular complexity index is 1760. The molecule has 0 unspecified atom stereocenters. The second kappa shape index (κ2) is 13.0. The van der Waals surface area contributed by atoms with Crippen LogP contribution in [0.5, 0.6) is 5.75 Å². The van der Waals surface area contributed by atoms with Crippen LogP contribution in [-0.4, -0.2) is 65.2 Å². The van der Waals surface area contributed by atoms with Crippen LogP contribution in [0.25, 0.3) is 17.1 Å². The predicted octanol–water partition coefficient (Wildman–Crippen LogP) is 6.02. The SMILES string of the molecule is COCc1ccc(N(C)C)cc1N1C(=O)CSC1=NC(=O)Nc1ccc(-n2cnc(-c3ccc(OC(F)(F)F)cc3)n2)cc1C. The fraction of sp³-hybridized carbons (Fsp3) is 0.233. The van der Waals surface area contributed by atoms with Crippen LogP contribution in [0.2, 0.25) is 0 Å². The molecule has 5 rings (SSSR count).